The maximum atomic E-state index is 4.85. The molecular formula is C63H40N4. The second-order valence-corrected chi connectivity index (χ2v) is 17.6. The number of rotatable bonds is 6. The van der Waals surface area contributed by atoms with Crippen LogP contribution in [0.5, 0.6) is 0 Å². The Kier molecular flexibility index (Phi) is 8.25. The lowest BCUT2D eigenvalue weighted by Crippen LogP contribution is -2.00. The summed E-state index contributed by atoms with van der Waals surface area (Å²) in [5.74, 6) is 0. The Labute approximate surface area is 386 Å². The minimum Gasteiger partial charge on any atom is -0.309 e. The van der Waals surface area contributed by atoms with E-state index in [-0.39, 0.29) is 0 Å². The van der Waals surface area contributed by atoms with E-state index in [0.717, 1.165) is 44.9 Å². The molecule has 4 heteroatoms. The van der Waals surface area contributed by atoms with Crippen LogP contribution in [0.15, 0.2) is 243 Å². The van der Waals surface area contributed by atoms with Gasteiger partial charge in [-0.2, -0.15) is 0 Å². The lowest BCUT2D eigenvalue weighted by Gasteiger charge is -2.18. The van der Waals surface area contributed by atoms with Crippen LogP contribution in [0, 0.1) is 0 Å². The number of pyridine rings is 1. The van der Waals surface area contributed by atoms with Crippen molar-refractivity contribution in [2.24, 2.45) is 0 Å². The summed E-state index contributed by atoms with van der Waals surface area (Å²) in [5.41, 5.74) is 17.3. The quantitative estimate of drug-likeness (QED) is 0.164. The molecular weight excluding hydrogens is 813 g/mol. The van der Waals surface area contributed by atoms with Crippen molar-refractivity contribution in [3.05, 3.63) is 243 Å². The predicted molar refractivity (Wildman–Crippen MR) is 281 cm³/mol. The summed E-state index contributed by atoms with van der Waals surface area (Å²) in [5, 5.41) is 9.86. The van der Waals surface area contributed by atoms with Crippen LogP contribution in [-0.2, 0) is 0 Å². The number of hydrogen-bond donors (Lipinski definition) is 0. The Morgan fingerprint density at radius 2 is 0.552 bits per heavy atom. The summed E-state index contributed by atoms with van der Waals surface area (Å²) < 4.78 is 7.24. The largest absolute Gasteiger partial charge is 0.309 e. The first-order valence-corrected chi connectivity index (χ1v) is 22.9. The number of benzene rings is 10. The molecule has 0 aliphatic rings. The maximum Gasteiger partial charge on any atom is 0.0541 e. The molecule has 0 saturated heterocycles. The monoisotopic (exact) mass is 852 g/mol. The van der Waals surface area contributed by atoms with Crippen molar-refractivity contribution in [3.63, 3.8) is 0 Å². The van der Waals surface area contributed by atoms with Crippen LogP contribution in [0.2, 0.25) is 0 Å². The van der Waals surface area contributed by atoms with E-state index in [1.54, 1.807) is 0 Å². The molecule has 0 fully saturated rings. The van der Waals surface area contributed by atoms with Gasteiger partial charge in [-0.15, -0.1) is 0 Å². The van der Waals surface area contributed by atoms with Gasteiger partial charge in [0.1, 0.15) is 0 Å². The molecule has 4 heterocycles. The lowest BCUT2D eigenvalue weighted by atomic mass is 9.91. The normalized spacial score (nSPS) is 11.9. The second-order valence-electron chi connectivity index (χ2n) is 17.6. The molecule has 67 heavy (non-hydrogen) atoms. The first-order chi connectivity index (χ1) is 33.2. The van der Waals surface area contributed by atoms with Crippen LogP contribution in [0.1, 0.15) is 0 Å². The Morgan fingerprint density at radius 3 is 0.955 bits per heavy atom. The summed E-state index contributed by atoms with van der Waals surface area (Å²) >= 11 is 0. The molecule has 0 unspecified atom stereocenters. The Bertz CT molecular complexity index is 3990. The SMILES string of the molecule is c1ccc2c(-c3cc(-n4c5ccccc5c5ccccc54)cc(-n4c5ccccc5c5ccccc54)c3)ccc(-c3cncc(-c4ccc(-n5c6ccccc6c6ccccc65)cc4)c3)c2c1. The van der Waals surface area contributed by atoms with Crippen molar-refractivity contribution in [2.75, 3.05) is 0 Å². The molecule has 0 radical (unpaired) electrons. The topological polar surface area (TPSA) is 27.7 Å². The van der Waals surface area contributed by atoms with Gasteiger partial charge >= 0.3 is 0 Å². The molecule has 0 amide bonds. The summed E-state index contributed by atoms with van der Waals surface area (Å²) in [7, 11) is 0. The van der Waals surface area contributed by atoms with Gasteiger partial charge in [0.05, 0.1) is 33.1 Å². The van der Waals surface area contributed by atoms with Crippen LogP contribution >= 0.6 is 0 Å². The zero-order valence-electron chi connectivity index (χ0n) is 36.4. The maximum absolute atomic E-state index is 4.85. The summed E-state index contributed by atoms with van der Waals surface area (Å²) in [6.07, 6.45) is 3.98. The molecule has 0 N–H and O–H groups in total. The first-order valence-electron chi connectivity index (χ1n) is 22.9. The zero-order chi connectivity index (χ0) is 44.0. The van der Waals surface area contributed by atoms with Crippen molar-refractivity contribution in [1.82, 2.24) is 18.7 Å². The molecule has 0 aliphatic carbocycles. The Balaban J connectivity index is 0.924. The number of fused-ring (bicyclic) bond motifs is 10. The van der Waals surface area contributed by atoms with Gasteiger partial charge in [-0.3, -0.25) is 4.98 Å². The van der Waals surface area contributed by atoms with Gasteiger partial charge < -0.3 is 13.7 Å². The zero-order valence-corrected chi connectivity index (χ0v) is 36.4. The van der Waals surface area contributed by atoms with E-state index in [2.05, 4.69) is 244 Å². The van der Waals surface area contributed by atoms with Gasteiger partial charge in [0.2, 0.25) is 0 Å². The first kappa shape index (κ1) is 37.4. The molecule has 0 bridgehead atoms. The highest BCUT2D eigenvalue weighted by Gasteiger charge is 2.19. The van der Waals surface area contributed by atoms with Crippen molar-refractivity contribution in [3.8, 4) is 50.4 Å². The molecule has 312 valence electrons. The van der Waals surface area contributed by atoms with Gasteiger partial charge in [-0.1, -0.05) is 158 Å². The van der Waals surface area contributed by atoms with E-state index in [1.807, 2.05) is 12.4 Å². The van der Waals surface area contributed by atoms with Gasteiger partial charge in [0, 0.05) is 72.9 Å². The van der Waals surface area contributed by atoms with Crippen LogP contribution < -0.4 is 0 Å². The average molecular weight is 853 g/mol. The molecule has 4 aromatic heterocycles. The molecule has 14 aromatic rings. The molecule has 10 aromatic carbocycles. The fourth-order valence-corrected chi connectivity index (χ4v) is 11.0. The highest BCUT2D eigenvalue weighted by Crippen LogP contribution is 2.42. The second kappa shape index (κ2) is 14.8. The summed E-state index contributed by atoms with van der Waals surface area (Å²) in [6.45, 7) is 0. The molecule has 0 atom stereocenters. The van der Waals surface area contributed by atoms with E-state index in [1.165, 1.54) is 81.8 Å². The molecule has 14 rings (SSSR count). The average Bonchev–Trinajstić information content (AvgIpc) is 4.04. The minimum absolute atomic E-state index is 1.08. The fourth-order valence-electron chi connectivity index (χ4n) is 11.0. The molecule has 0 spiro atoms. The predicted octanol–water partition coefficient (Wildman–Crippen LogP) is 16.5. The number of nitrogens with zero attached hydrogens (tertiary/aromatic N) is 4. The van der Waals surface area contributed by atoms with Gasteiger partial charge in [0.25, 0.3) is 0 Å². The smallest absolute Gasteiger partial charge is 0.0541 e. The number of aromatic nitrogens is 4. The van der Waals surface area contributed by atoms with Gasteiger partial charge in [0.15, 0.2) is 0 Å². The van der Waals surface area contributed by atoms with E-state index in [9.17, 15) is 0 Å². The van der Waals surface area contributed by atoms with Crippen LogP contribution in [-0.4, -0.2) is 18.7 Å². The van der Waals surface area contributed by atoms with Crippen LogP contribution in [0.25, 0.3) is 127 Å². The van der Waals surface area contributed by atoms with E-state index < -0.39 is 0 Å². The third-order valence-corrected chi connectivity index (χ3v) is 13.9. The van der Waals surface area contributed by atoms with Crippen molar-refractivity contribution < 1.29 is 0 Å². The Morgan fingerprint density at radius 1 is 0.224 bits per heavy atom. The number of hydrogen-bond acceptors (Lipinski definition) is 1. The highest BCUT2D eigenvalue weighted by atomic mass is 15.0. The summed E-state index contributed by atoms with van der Waals surface area (Å²) in [4.78, 5) is 4.85. The van der Waals surface area contributed by atoms with Gasteiger partial charge in [-0.25, -0.2) is 0 Å². The van der Waals surface area contributed by atoms with Crippen molar-refractivity contribution >= 4 is 76.2 Å². The Hall–Kier alpha value is -8.99. The van der Waals surface area contributed by atoms with E-state index >= 15 is 0 Å². The fraction of sp³-hybridized carbons (Fsp3) is 0. The third-order valence-electron chi connectivity index (χ3n) is 13.9. The third kappa shape index (κ3) is 5.76. The number of para-hydroxylation sites is 6. The van der Waals surface area contributed by atoms with E-state index in [0.29, 0.717) is 0 Å². The lowest BCUT2D eigenvalue weighted by molar-refractivity contribution is 1.13. The summed E-state index contributed by atoms with van der Waals surface area (Å²) in [6, 6.07) is 84.1. The van der Waals surface area contributed by atoms with Gasteiger partial charge in [-0.05, 0) is 106 Å². The molecule has 4 nitrogen and oxygen atoms in total. The van der Waals surface area contributed by atoms with Crippen molar-refractivity contribution in [2.45, 2.75) is 0 Å². The molecule has 0 saturated carbocycles. The standard InChI is InChI=1S/C63H40N4/c1-2-16-51-49(44-35-43(39-64-40-44)41-29-31-45(32-30-41)65-58-23-9-3-17-52(58)53-18-4-10-24-59(53)65)34-33-48(50(51)15-1)42-36-46(66-60-25-11-5-19-54(60)55-20-6-12-26-61(55)66)38-47(37-42)67-62-27-13-7-21-56(62)57-22-8-14-28-63(57)67/h1-40H. The van der Waals surface area contributed by atoms with Crippen molar-refractivity contribution in [1.29, 1.82) is 0 Å². The molecule has 0 aliphatic heterocycles. The van der Waals surface area contributed by atoms with E-state index in [4.69, 9.17) is 4.98 Å². The van der Waals surface area contributed by atoms with Crippen LogP contribution in [0.4, 0.5) is 0 Å². The van der Waals surface area contributed by atoms with Crippen LogP contribution in [0.3, 0.4) is 0 Å². The highest BCUT2D eigenvalue weighted by molar-refractivity contribution is 6.12. The minimum atomic E-state index is 1.08.